The first-order valence-electron chi connectivity index (χ1n) is 6.77. The second kappa shape index (κ2) is 7.11. The molecule has 3 atom stereocenters. The van der Waals surface area contributed by atoms with E-state index in [4.69, 9.17) is 11.5 Å². The van der Waals surface area contributed by atoms with E-state index >= 15 is 0 Å². The number of amides is 3. The van der Waals surface area contributed by atoms with Crippen LogP contribution in [0.2, 0.25) is 0 Å². The summed E-state index contributed by atoms with van der Waals surface area (Å²) >= 11 is 0. The number of hydrogen-bond acceptors (Lipinski definition) is 3. The zero-order chi connectivity index (χ0) is 14.4. The highest BCUT2D eigenvalue weighted by Gasteiger charge is 2.26. The van der Waals surface area contributed by atoms with Gasteiger partial charge in [-0.15, -0.1) is 0 Å². The van der Waals surface area contributed by atoms with Crippen molar-refractivity contribution in [3.8, 4) is 0 Å². The van der Waals surface area contributed by atoms with E-state index in [1.807, 2.05) is 0 Å². The monoisotopic (exact) mass is 269 g/mol. The third kappa shape index (κ3) is 5.28. The molecule has 0 aliphatic heterocycles. The van der Waals surface area contributed by atoms with E-state index in [0.717, 1.165) is 19.3 Å². The van der Waals surface area contributed by atoms with Crippen LogP contribution in [0.4, 0.5) is 0 Å². The summed E-state index contributed by atoms with van der Waals surface area (Å²) in [6, 6.07) is 0.156. The summed E-state index contributed by atoms with van der Waals surface area (Å²) in [5.41, 5.74) is 10.2. The molecule has 1 fully saturated rings. The molecule has 6 nitrogen and oxygen atoms in total. The molecule has 5 N–H and O–H groups in total. The summed E-state index contributed by atoms with van der Waals surface area (Å²) in [6.07, 6.45) is 4.12. The molecule has 0 bridgehead atoms. The van der Waals surface area contributed by atoms with Crippen LogP contribution in [0.15, 0.2) is 0 Å². The fourth-order valence-corrected chi connectivity index (χ4v) is 2.54. The van der Waals surface area contributed by atoms with Crippen LogP contribution in [0.1, 0.15) is 45.4 Å². The largest absolute Gasteiger partial charge is 0.370 e. The molecule has 0 aromatic carbocycles. The first-order chi connectivity index (χ1) is 8.90. The SMILES string of the molecule is CC1CCCCC1NC(=O)CC(CC(N)=O)C(N)=O. The summed E-state index contributed by atoms with van der Waals surface area (Å²) < 4.78 is 0. The Morgan fingerprint density at radius 3 is 2.32 bits per heavy atom. The van der Waals surface area contributed by atoms with Crippen LogP contribution in [-0.2, 0) is 14.4 Å². The van der Waals surface area contributed by atoms with Crippen molar-refractivity contribution in [3.63, 3.8) is 0 Å². The number of rotatable bonds is 6. The van der Waals surface area contributed by atoms with Gasteiger partial charge in [0.15, 0.2) is 0 Å². The van der Waals surface area contributed by atoms with Crippen molar-refractivity contribution in [2.45, 2.75) is 51.5 Å². The van der Waals surface area contributed by atoms with Gasteiger partial charge in [0.1, 0.15) is 0 Å². The van der Waals surface area contributed by atoms with Gasteiger partial charge in [0.05, 0.1) is 5.92 Å². The van der Waals surface area contributed by atoms with Gasteiger partial charge >= 0.3 is 0 Å². The maximum atomic E-state index is 11.9. The van der Waals surface area contributed by atoms with Crippen LogP contribution < -0.4 is 16.8 Å². The van der Waals surface area contributed by atoms with Gasteiger partial charge < -0.3 is 16.8 Å². The summed E-state index contributed by atoms with van der Waals surface area (Å²) in [5.74, 6) is -1.88. The molecule has 0 spiro atoms. The molecule has 1 aliphatic rings. The van der Waals surface area contributed by atoms with Crippen LogP contribution in [-0.4, -0.2) is 23.8 Å². The molecule has 1 saturated carbocycles. The molecule has 0 aromatic heterocycles. The van der Waals surface area contributed by atoms with Gasteiger partial charge in [-0.3, -0.25) is 14.4 Å². The van der Waals surface area contributed by atoms with Gasteiger partial charge in [0.25, 0.3) is 0 Å². The Hall–Kier alpha value is -1.59. The highest BCUT2D eigenvalue weighted by Crippen LogP contribution is 2.24. The lowest BCUT2D eigenvalue weighted by Gasteiger charge is -2.29. The number of nitrogens with one attached hydrogen (secondary N) is 1. The standard InChI is InChI=1S/C13H23N3O3/c1-8-4-2-3-5-10(8)16-12(18)7-9(13(15)19)6-11(14)17/h8-10H,2-7H2,1H3,(H2,14,17)(H2,15,19)(H,16,18). The summed E-state index contributed by atoms with van der Waals surface area (Å²) in [5, 5.41) is 2.93. The van der Waals surface area contributed by atoms with Gasteiger partial charge in [0, 0.05) is 18.9 Å². The number of nitrogens with two attached hydrogens (primary N) is 2. The molecule has 3 unspecified atom stereocenters. The predicted octanol–water partition coefficient (Wildman–Crippen LogP) is 0.0483. The molecule has 6 heteroatoms. The zero-order valence-corrected chi connectivity index (χ0v) is 11.4. The molecule has 0 heterocycles. The number of carbonyl (C=O) groups is 3. The lowest BCUT2D eigenvalue weighted by atomic mass is 9.85. The van der Waals surface area contributed by atoms with E-state index in [0.29, 0.717) is 5.92 Å². The third-order valence-corrected chi connectivity index (χ3v) is 3.74. The molecule has 19 heavy (non-hydrogen) atoms. The molecule has 0 aromatic rings. The summed E-state index contributed by atoms with van der Waals surface area (Å²) in [6.45, 7) is 2.11. The minimum Gasteiger partial charge on any atom is -0.370 e. The topological polar surface area (TPSA) is 115 Å². The Balaban J connectivity index is 2.47. The van der Waals surface area contributed by atoms with Gasteiger partial charge in [-0.1, -0.05) is 19.8 Å². The van der Waals surface area contributed by atoms with Crippen molar-refractivity contribution in [3.05, 3.63) is 0 Å². The first-order valence-corrected chi connectivity index (χ1v) is 6.77. The quantitative estimate of drug-likeness (QED) is 0.632. The van der Waals surface area contributed by atoms with Crippen LogP contribution in [0, 0.1) is 11.8 Å². The van der Waals surface area contributed by atoms with Gasteiger partial charge in [0.2, 0.25) is 17.7 Å². The Kier molecular flexibility index (Phi) is 5.79. The lowest BCUT2D eigenvalue weighted by Crippen LogP contribution is -2.43. The van der Waals surface area contributed by atoms with Gasteiger partial charge in [-0.25, -0.2) is 0 Å². The second-order valence-corrected chi connectivity index (χ2v) is 5.41. The predicted molar refractivity (Wildman–Crippen MR) is 70.7 cm³/mol. The highest BCUT2D eigenvalue weighted by atomic mass is 16.2. The van der Waals surface area contributed by atoms with E-state index in [1.54, 1.807) is 0 Å². The van der Waals surface area contributed by atoms with Crippen molar-refractivity contribution < 1.29 is 14.4 Å². The fourth-order valence-electron chi connectivity index (χ4n) is 2.54. The van der Waals surface area contributed by atoms with Crippen molar-refractivity contribution in [2.24, 2.45) is 23.3 Å². The van der Waals surface area contributed by atoms with Gasteiger partial charge in [-0.05, 0) is 18.8 Å². The summed E-state index contributed by atoms with van der Waals surface area (Å²) in [7, 11) is 0. The van der Waals surface area contributed by atoms with Crippen LogP contribution in [0.3, 0.4) is 0 Å². The summed E-state index contributed by atoms with van der Waals surface area (Å²) in [4.78, 5) is 33.9. The minimum absolute atomic E-state index is 0.0680. The van der Waals surface area contributed by atoms with Crippen molar-refractivity contribution in [2.75, 3.05) is 0 Å². The molecule has 108 valence electrons. The average molecular weight is 269 g/mol. The number of carbonyl (C=O) groups excluding carboxylic acids is 3. The van der Waals surface area contributed by atoms with Crippen LogP contribution in [0.5, 0.6) is 0 Å². The number of hydrogen-bond donors (Lipinski definition) is 3. The Morgan fingerprint density at radius 2 is 1.79 bits per heavy atom. The molecule has 0 saturated heterocycles. The van der Waals surface area contributed by atoms with Crippen LogP contribution >= 0.6 is 0 Å². The molecular weight excluding hydrogens is 246 g/mol. The van der Waals surface area contributed by atoms with E-state index in [-0.39, 0.29) is 24.8 Å². The zero-order valence-electron chi connectivity index (χ0n) is 11.4. The van der Waals surface area contributed by atoms with Crippen LogP contribution in [0.25, 0.3) is 0 Å². The highest BCUT2D eigenvalue weighted by molar-refractivity contribution is 5.88. The Bertz CT molecular complexity index is 357. The van der Waals surface area contributed by atoms with E-state index in [9.17, 15) is 14.4 Å². The van der Waals surface area contributed by atoms with Crippen molar-refractivity contribution in [1.29, 1.82) is 0 Å². The molecule has 1 rings (SSSR count). The lowest BCUT2D eigenvalue weighted by molar-refractivity contribution is -0.131. The second-order valence-electron chi connectivity index (χ2n) is 5.41. The molecule has 0 radical (unpaired) electrons. The normalized spacial score (nSPS) is 24.5. The fraction of sp³-hybridized carbons (Fsp3) is 0.769. The Labute approximate surface area is 113 Å². The number of primary amides is 2. The minimum atomic E-state index is -0.809. The maximum Gasteiger partial charge on any atom is 0.221 e. The smallest absolute Gasteiger partial charge is 0.221 e. The first kappa shape index (κ1) is 15.5. The van der Waals surface area contributed by atoms with Crippen molar-refractivity contribution >= 4 is 17.7 Å². The molecule has 1 aliphatic carbocycles. The van der Waals surface area contributed by atoms with E-state index in [2.05, 4.69) is 12.2 Å². The third-order valence-electron chi connectivity index (χ3n) is 3.74. The average Bonchev–Trinajstić information content (AvgIpc) is 2.30. The molecular formula is C13H23N3O3. The van der Waals surface area contributed by atoms with Gasteiger partial charge in [-0.2, -0.15) is 0 Å². The molecule has 3 amide bonds. The Morgan fingerprint density at radius 1 is 1.16 bits per heavy atom. The van der Waals surface area contributed by atoms with E-state index < -0.39 is 17.7 Å². The maximum absolute atomic E-state index is 11.9. The van der Waals surface area contributed by atoms with Crippen molar-refractivity contribution in [1.82, 2.24) is 5.32 Å². The van der Waals surface area contributed by atoms with E-state index in [1.165, 1.54) is 6.42 Å².